The molecule has 0 bridgehead atoms. The standard InChI is InChI=1S/C11H24N2O/c1-5-13(8-10(4)7-12)11(14)6-9(2)3/h9-10H,5-8,12H2,1-4H3. The lowest BCUT2D eigenvalue weighted by Crippen LogP contribution is -2.37. The first kappa shape index (κ1) is 13.4. The number of carbonyl (C=O) groups is 1. The van der Waals surface area contributed by atoms with Gasteiger partial charge in [-0.1, -0.05) is 20.8 Å². The van der Waals surface area contributed by atoms with E-state index in [-0.39, 0.29) is 5.91 Å². The third kappa shape index (κ3) is 5.22. The summed E-state index contributed by atoms with van der Waals surface area (Å²) >= 11 is 0. The maximum absolute atomic E-state index is 11.7. The van der Waals surface area contributed by atoms with E-state index in [0.29, 0.717) is 24.8 Å². The van der Waals surface area contributed by atoms with Crippen molar-refractivity contribution < 1.29 is 4.79 Å². The molecule has 0 saturated carbocycles. The monoisotopic (exact) mass is 200 g/mol. The quantitative estimate of drug-likeness (QED) is 0.706. The van der Waals surface area contributed by atoms with Crippen molar-refractivity contribution in [2.45, 2.75) is 34.1 Å². The van der Waals surface area contributed by atoms with Crippen LogP contribution in [0.25, 0.3) is 0 Å². The van der Waals surface area contributed by atoms with Crippen molar-refractivity contribution in [2.24, 2.45) is 17.6 Å². The minimum Gasteiger partial charge on any atom is -0.343 e. The molecule has 0 aromatic carbocycles. The highest BCUT2D eigenvalue weighted by atomic mass is 16.2. The molecule has 0 saturated heterocycles. The van der Waals surface area contributed by atoms with Crippen LogP contribution in [0.3, 0.4) is 0 Å². The van der Waals surface area contributed by atoms with Gasteiger partial charge in [0.1, 0.15) is 0 Å². The van der Waals surface area contributed by atoms with Gasteiger partial charge in [0.25, 0.3) is 0 Å². The van der Waals surface area contributed by atoms with Crippen LogP contribution >= 0.6 is 0 Å². The van der Waals surface area contributed by atoms with Crippen LogP contribution in [0.5, 0.6) is 0 Å². The van der Waals surface area contributed by atoms with Crippen molar-refractivity contribution in [1.82, 2.24) is 4.90 Å². The lowest BCUT2D eigenvalue weighted by atomic mass is 10.1. The number of nitrogens with two attached hydrogens (primary N) is 1. The Hall–Kier alpha value is -0.570. The fourth-order valence-electron chi connectivity index (χ4n) is 1.34. The van der Waals surface area contributed by atoms with E-state index in [2.05, 4.69) is 20.8 Å². The lowest BCUT2D eigenvalue weighted by molar-refractivity contribution is -0.132. The molecule has 3 nitrogen and oxygen atoms in total. The summed E-state index contributed by atoms with van der Waals surface area (Å²) in [7, 11) is 0. The molecule has 1 unspecified atom stereocenters. The molecule has 0 aromatic rings. The van der Waals surface area contributed by atoms with E-state index < -0.39 is 0 Å². The van der Waals surface area contributed by atoms with Gasteiger partial charge in [0.2, 0.25) is 5.91 Å². The van der Waals surface area contributed by atoms with Crippen LogP contribution in [0.1, 0.15) is 34.1 Å². The van der Waals surface area contributed by atoms with Gasteiger partial charge >= 0.3 is 0 Å². The first-order valence-electron chi connectivity index (χ1n) is 5.49. The topological polar surface area (TPSA) is 46.3 Å². The van der Waals surface area contributed by atoms with Crippen LogP contribution in [0, 0.1) is 11.8 Å². The summed E-state index contributed by atoms with van der Waals surface area (Å²) in [6, 6.07) is 0. The van der Waals surface area contributed by atoms with E-state index >= 15 is 0 Å². The number of hydrogen-bond donors (Lipinski definition) is 1. The molecular weight excluding hydrogens is 176 g/mol. The van der Waals surface area contributed by atoms with Gasteiger partial charge in [-0.25, -0.2) is 0 Å². The fourth-order valence-corrected chi connectivity index (χ4v) is 1.34. The van der Waals surface area contributed by atoms with Gasteiger partial charge in [0.15, 0.2) is 0 Å². The molecule has 2 N–H and O–H groups in total. The highest BCUT2D eigenvalue weighted by Gasteiger charge is 2.14. The molecule has 0 aliphatic carbocycles. The normalized spacial score (nSPS) is 13.0. The summed E-state index contributed by atoms with van der Waals surface area (Å²) in [5.74, 6) is 1.08. The van der Waals surface area contributed by atoms with Crippen molar-refractivity contribution in [2.75, 3.05) is 19.6 Å². The number of nitrogens with zero attached hydrogens (tertiary/aromatic N) is 1. The highest BCUT2D eigenvalue weighted by molar-refractivity contribution is 5.76. The lowest BCUT2D eigenvalue weighted by Gasteiger charge is -2.24. The van der Waals surface area contributed by atoms with E-state index in [1.165, 1.54) is 0 Å². The summed E-state index contributed by atoms with van der Waals surface area (Å²) in [4.78, 5) is 13.6. The predicted octanol–water partition coefficient (Wildman–Crippen LogP) is 1.48. The Bertz CT molecular complexity index is 169. The zero-order valence-corrected chi connectivity index (χ0v) is 9.92. The smallest absolute Gasteiger partial charge is 0.222 e. The van der Waals surface area contributed by atoms with E-state index in [9.17, 15) is 4.79 Å². The van der Waals surface area contributed by atoms with Gasteiger partial charge in [-0.05, 0) is 25.3 Å². The van der Waals surface area contributed by atoms with Crippen molar-refractivity contribution in [1.29, 1.82) is 0 Å². The Morgan fingerprint density at radius 3 is 2.29 bits per heavy atom. The Kier molecular flexibility index (Phi) is 6.54. The van der Waals surface area contributed by atoms with Gasteiger partial charge in [-0.3, -0.25) is 4.79 Å². The van der Waals surface area contributed by atoms with Crippen LogP contribution in [0.15, 0.2) is 0 Å². The molecule has 0 heterocycles. The Morgan fingerprint density at radius 1 is 1.36 bits per heavy atom. The summed E-state index contributed by atoms with van der Waals surface area (Å²) in [6.45, 7) is 10.4. The second-order valence-electron chi connectivity index (χ2n) is 4.37. The molecule has 84 valence electrons. The maximum atomic E-state index is 11.7. The molecular formula is C11H24N2O. The fraction of sp³-hybridized carbons (Fsp3) is 0.909. The highest BCUT2D eigenvalue weighted by Crippen LogP contribution is 2.06. The van der Waals surface area contributed by atoms with Crippen molar-refractivity contribution in [3.8, 4) is 0 Å². The first-order chi connectivity index (χ1) is 6.51. The van der Waals surface area contributed by atoms with Crippen LogP contribution in [0.4, 0.5) is 0 Å². The number of rotatable bonds is 6. The summed E-state index contributed by atoms with van der Waals surface area (Å²) in [5, 5.41) is 0. The Balaban J connectivity index is 4.05. The third-order valence-electron chi connectivity index (χ3n) is 2.25. The Labute approximate surface area is 87.6 Å². The van der Waals surface area contributed by atoms with E-state index in [4.69, 9.17) is 5.73 Å². The summed E-state index contributed by atoms with van der Waals surface area (Å²) < 4.78 is 0. The van der Waals surface area contributed by atoms with E-state index in [1.807, 2.05) is 11.8 Å². The maximum Gasteiger partial charge on any atom is 0.222 e. The molecule has 0 aliphatic heterocycles. The zero-order valence-electron chi connectivity index (χ0n) is 9.92. The first-order valence-corrected chi connectivity index (χ1v) is 5.49. The second kappa shape index (κ2) is 6.82. The average molecular weight is 200 g/mol. The molecule has 3 heteroatoms. The van der Waals surface area contributed by atoms with Crippen molar-refractivity contribution >= 4 is 5.91 Å². The third-order valence-corrected chi connectivity index (χ3v) is 2.25. The summed E-state index contributed by atoms with van der Waals surface area (Å²) in [6.07, 6.45) is 0.644. The average Bonchev–Trinajstić information content (AvgIpc) is 2.12. The second-order valence-corrected chi connectivity index (χ2v) is 4.37. The minimum atomic E-state index is 0.253. The summed E-state index contributed by atoms with van der Waals surface area (Å²) in [5.41, 5.74) is 5.54. The molecule has 0 spiro atoms. The van der Waals surface area contributed by atoms with Gasteiger partial charge in [0, 0.05) is 19.5 Å². The number of carbonyl (C=O) groups excluding carboxylic acids is 1. The molecule has 0 fully saturated rings. The van der Waals surface area contributed by atoms with Crippen molar-refractivity contribution in [3.63, 3.8) is 0 Å². The zero-order chi connectivity index (χ0) is 11.1. The molecule has 1 atom stereocenters. The molecule has 0 aliphatic rings. The number of hydrogen-bond acceptors (Lipinski definition) is 2. The molecule has 1 amide bonds. The molecule has 0 radical (unpaired) electrons. The molecule has 14 heavy (non-hydrogen) atoms. The van der Waals surface area contributed by atoms with Gasteiger partial charge in [-0.15, -0.1) is 0 Å². The number of amides is 1. The minimum absolute atomic E-state index is 0.253. The van der Waals surface area contributed by atoms with E-state index in [1.54, 1.807) is 0 Å². The van der Waals surface area contributed by atoms with Crippen LogP contribution in [0.2, 0.25) is 0 Å². The Morgan fingerprint density at radius 2 is 1.93 bits per heavy atom. The van der Waals surface area contributed by atoms with Crippen LogP contribution in [-0.4, -0.2) is 30.4 Å². The van der Waals surface area contributed by atoms with Crippen LogP contribution < -0.4 is 5.73 Å². The van der Waals surface area contributed by atoms with Crippen molar-refractivity contribution in [3.05, 3.63) is 0 Å². The molecule has 0 rings (SSSR count). The van der Waals surface area contributed by atoms with Crippen LogP contribution in [-0.2, 0) is 4.79 Å². The SMILES string of the molecule is CCN(CC(C)CN)C(=O)CC(C)C. The largest absolute Gasteiger partial charge is 0.343 e. The van der Waals surface area contributed by atoms with Gasteiger partial charge in [-0.2, -0.15) is 0 Å². The molecule has 0 aromatic heterocycles. The van der Waals surface area contributed by atoms with Gasteiger partial charge in [0.05, 0.1) is 0 Å². The van der Waals surface area contributed by atoms with Gasteiger partial charge < -0.3 is 10.6 Å². The van der Waals surface area contributed by atoms with E-state index in [0.717, 1.165) is 13.1 Å². The predicted molar refractivity (Wildman–Crippen MR) is 59.9 cm³/mol.